The van der Waals surface area contributed by atoms with Gasteiger partial charge in [-0.1, -0.05) is 11.2 Å². The maximum absolute atomic E-state index is 5.78. The Morgan fingerprint density at radius 1 is 1.10 bits per heavy atom. The molecule has 0 aliphatic carbocycles. The van der Waals surface area contributed by atoms with Gasteiger partial charge in [0.25, 0.3) is 0 Å². The number of hydrogen-bond acceptors (Lipinski definition) is 6. The minimum Gasteiger partial charge on any atom is -0.490 e. The van der Waals surface area contributed by atoms with E-state index in [9.17, 15) is 0 Å². The zero-order chi connectivity index (χ0) is 19.2. The monoisotopic (exact) mass is 513 g/mol. The second-order valence-electron chi connectivity index (χ2n) is 6.99. The number of guanidine groups is 1. The molecule has 1 fully saturated rings. The number of nitrogens with zero attached hydrogens (tertiary/aromatic N) is 4. The Morgan fingerprint density at radius 2 is 1.90 bits per heavy atom. The highest BCUT2D eigenvalue weighted by atomic mass is 127. The molecule has 2 aliphatic heterocycles. The van der Waals surface area contributed by atoms with Crippen LogP contribution in [0.3, 0.4) is 0 Å². The van der Waals surface area contributed by atoms with Gasteiger partial charge in [-0.25, -0.2) is 0 Å². The summed E-state index contributed by atoms with van der Waals surface area (Å²) in [5, 5.41) is 7.47. The Labute approximate surface area is 188 Å². The molecule has 0 bridgehead atoms. The SMILES string of the molecule is CN=C(NCc1ccc2c(c1)OCCCO2)N1CCN(Cc2ccon2)CC1.I. The van der Waals surface area contributed by atoms with E-state index in [4.69, 9.17) is 14.0 Å². The van der Waals surface area contributed by atoms with E-state index in [2.05, 4.69) is 37.4 Å². The van der Waals surface area contributed by atoms with E-state index < -0.39 is 0 Å². The molecule has 9 heteroatoms. The van der Waals surface area contributed by atoms with E-state index >= 15 is 0 Å². The Hall–Kier alpha value is -2.01. The normalized spacial score (nSPS) is 17.4. The Balaban J connectivity index is 0.00000240. The molecule has 1 saturated heterocycles. The zero-order valence-electron chi connectivity index (χ0n) is 16.7. The molecule has 2 aromatic rings. The lowest BCUT2D eigenvalue weighted by atomic mass is 10.2. The molecule has 2 aliphatic rings. The van der Waals surface area contributed by atoms with E-state index in [0.29, 0.717) is 19.8 Å². The van der Waals surface area contributed by atoms with Crippen molar-refractivity contribution >= 4 is 29.9 Å². The van der Waals surface area contributed by atoms with Gasteiger partial charge in [-0.05, 0) is 17.7 Å². The predicted octanol–water partition coefficient (Wildman–Crippen LogP) is 2.35. The molecule has 158 valence electrons. The van der Waals surface area contributed by atoms with Crippen LogP contribution in [-0.2, 0) is 13.1 Å². The van der Waals surface area contributed by atoms with Crippen LogP contribution in [0.1, 0.15) is 17.7 Å². The summed E-state index contributed by atoms with van der Waals surface area (Å²) in [7, 11) is 1.83. The Bertz CT molecular complexity index is 791. The third-order valence-electron chi connectivity index (χ3n) is 5.02. The molecule has 1 aromatic carbocycles. The third-order valence-corrected chi connectivity index (χ3v) is 5.02. The highest BCUT2D eigenvalue weighted by molar-refractivity contribution is 14.0. The zero-order valence-corrected chi connectivity index (χ0v) is 19.0. The number of hydrogen-bond donors (Lipinski definition) is 1. The summed E-state index contributed by atoms with van der Waals surface area (Å²) in [5.41, 5.74) is 2.13. The first kappa shape index (κ1) is 21.7. The fraction of sp³-hybridized carbons (Fsp3) is 0.500. The molecule has 0 atom stereocenters. The van der Waals surface area contributed by atoms with Crippen LogP contribution in [0.25, 0.3) is 0 Å². The number of fused-ring (bicyclic) bond motifs is 1. The van der Waals surface area contributed by atoms with Gasteiger partial charge in [-0.2, -0.15) is 0 Å². The molecule has 1 N–H and O–H groups in total. The molecule has 4 rings (SSSR count). The van der Waals surface area contributed by atoms with Gasteiger partial charge in [-0.3, -0.25) is 9.89 Å². The standard InChI is InChI=1S/C20H27N5O3.HI/c1-21-20(25-8-6-24(7-9-25)15-17-5-12-28-23-17)22-14-16-3-4-18-19(13-16)27-11-2-10-26-18;/h3-5,12-13H,2,6-11,14-15H2,1H3,(H,21,22);1H. The maximum atomic E-state index is 5.78. The number of piperazine rings is 1. The van der Waals surface area contributed by atoms with Gasteiger partial charge in [0.05, 0.1) is 18.9 Å². The Kier molecular flexibility index (Phi) is 7.99. The molecule has 3 heterocycles. The summed E-state index contributed by atoms with van der Waals surface area (Å²) in [6.45, 7) is 6.73. The Morgan fingerprint density at radius 3 is 2.62 bits per heavy atom. The number of rotatable bonds is 4. The van der Waals surface area contributed by atoms with Gasteiger partial charge in [0.15, 0.2) is 17.5 Å². The molecule has 0 amide bonds. The van der Waals surface area contributed by atoms with Gasteiger partial charge in [0.1, 0.15) is 6.26 Å². The average molecular weight is 513 g/mol. The number of halogens is 1. The van der Waals surface area contributed by atoms with Crippen LogP contribution in [0.2, 0.25) is 0 Å². The van der Waals surface area contributed by atoms with E-state index in [0.717, 1.165) is 67.9 Å². The molecule has 0 spiro atoms. The molecule has 29 heavy (non-hydrogen) atoms. The minimum atomic E-state index is 0. The number of nitrogens with one attached hydrogen (secondary N) is 1. The van der Waals surface area contributed by atoms with Crippen molar-refractivity contribution in [3.8, 4) is 11.5 Å². The second-order valence-corrected chi connectivity index (χ2v) is 6.99. The van der Waals surface area contributed by atoms with E-state index in [1.807, 2.05) is 19.2 Å². The van der Waals surface area contributed by atoms with Gasteiger partial charge < -0.3 is 24.2 Å². The first-order valence-electron chi connectivity index (χ1n) is 9.77. The summed E-state index contributed by atoms with van der Waals surface area (Å²) in [4.78, 5) is 9.13. The number of aromatic nitrogens is 1. The van der Waals surface area contributed by atoms with E-state index in [1.54, 1.807) is 6.26 Å². The van der Waals surface area contributed by atoms with Crippen molar-refractivity contribution < 1.29 is 14.0 Å². The molecule has 0 saturated carbocycles. The quantitative estimate of drug-likeness (QED) is 0.382. The summed E-state index contributed by atoms with van der Waals surface area (Å²) in [6, 6.07) is 8.03. The van der Waals surface area contributed by atoms with Crippen molar-refractivity contribution in [1.29, 1.82) is 0 Å². The molecular weight excluding hydrogens is 485 g/mol. The molecule has 8 nitrogen and oxygen atoms in total. The maximum Gasteiger partial charge on any atom is 0.194 e. The highest BCUT2D eigenvalue weighted by Gasteiger charge is 2.20. The van der Waals surface area contributed by atoms with Crippen LogP contribution < -0.4 is 14.8 Å². The van der Waals surface area contributed by atoms with Crippen LogP contribution in [0.4, 0.5) is 0 Å². The second kappa shape index (κ2) is 10.7. The molecule has 0 unspecified atom stereocenters. The highest BCUT2D eigenvalue weighted by Crippen LogP contribution is 2.30. The topological polar surface area (TPSA) is 75.4 Å². The molecule has 0 radical (unpaired) electrons. The molecule has 1 aromatic heterocycles. The summed E-state index contributed by atoms with van der Waals surface area (Å²) in [5.74, 6) is 2.58. The lowest BCUT2D eigenvalue weighted by molar-refractivity contribution is 0.169. The number of benzene rings is 1. The van der Waals surface area contributed by atoms with Crippen molar-refractivity contribution in [2.45, 2.75) is 19.5 Å². The van der Waals surface area contributed by atoms with Crippen molar-refractivity contribution in [3.63, 3.8) is 0 Å². The summed E-state index contributed by atoms with van der Waals surface area (Å²) in [6.07, 6.45) is 2.54. The van der Waals surface area contributed by atoms with Crippen molar-refractivity contribution in [3.05, 3.63) is 41.8 Å². The first-order valence-corrected chi connectivity index (χ1v) is 9.77. The fourth-order valence-corrected chi connectivity index (χ4v) is 3.50. The largest absolute Gasteiger partial charge is 0.490 e. The lowest BCUT2D eigenvalue weighted by Gasteiger charge is -2.36. The summed E-state index contributed by atoms with van der Waals surface area (Å²) >= 11 is 0. The van der Waals surface area contributed by atoms with E-state index in [1.165, 1.54) is 0 Å². The van der Waals surface area contributed by atoms with Crippen molar-refractivity contribution in [1.82, 2.24) is 20.3 Å². The van der Waals surface area contributed by atoms with Crippen LogP contribution in [0, 0.1) is 0 Å². The number of ether oxygens (including phenoxy) is 2. The third kappa shape index (κ3) is 5.75. The first-order chi connectivity index (χ1) is 13.8. The number of aliphatic imine (C=N–C) groups is 1. The van der Waals surface area contributed by atoms with Crippen LogP contribution >= 0.6 is 24.0 Å². The van der Waals surface area contributed by atoms with Crippen molar-refractivity contribution in [2.24, 2.45) is 4.99 Å². The van der Waals surface area contributed by atoms with Crippen molar-refractivity contribution in [2.75, 3.05) is 46.4 Å². The fourth-order valence-electron chi connectivity index (χ4n) is 3.50. The smallest absolute Gasteiger partial charge is 0.194 e. The van der Waals surface area contributed by atoms with Gasteiger partial charge in [0.2, 0.25) is 0 Å². The van der Waals surface area contributed by atoms with Crippen LogP contribution in [-0.4, -0.2) is 67.4 Å². The van der Waals surface area contributed by atoms with Gasteiger partial charge in [0, 0.05) is 58.8 Å². The van der Waals surface area contributed by atoms with Crippen LogP contribution in [0.15, 0.2) is 40.0 Å². The molecular formula is C20H28IN5O3. The predicted molar refractivity (Wildman–Crippen MR) is 121 cm³/mol. The van der Waals surface area contributed by atoms with Gasteiger partial charge >= 0.3 is 0 Å². The van der Waals surface area contributed by atoms with E-state index in [-0.39, 0.29) is 24.0 Å². The summed E-state index contributed by atoms with van der Waals surface area (Å²) < 4.78 is 16.4. The van der Waals surface area contributed by atoms with Gasteiger partial charge in [-0.15, -0.1) is 24.0 Å². The lowest BCUT2D eigenvalue weighted by Crippen LogP contribution is -2.52. The average Bonchev–Trinajstić information content (AvgIpc) is 3.12. The minimum absolute atomic E-state index is 0. The van der Waals surface area contributed by atoms with Crippen LogP contribution in [0.5, 0.6) is 11.5 Å².